The van der Waals surface area contributed by atoms with E-state index >= 15 is 0 Å². The molecule has 0 rings (SSSR count). The molecule has 0 amide bonds. The van der Waals surface area contributed by atoms with Crippen molar-refractivity contribution in [1.29, 1.82) is 0 Å². The maximum Gasteiger partial charge on any atom is 0.361 e. The summed E-state index contributed by atoms with van der Waals surface area (Å²) in [6, 6.07) is 0. The highest BCUT2D eigenvalue weighted by Crippen LogP contribution is 2.33. The quantitative estimate of drug-likeness (QED) is 0.378. The van der Waals surface area contributed by atoms with Crippen LogP contribution < -0.4 is 0 Å². The van der Waals surface area contributed by atoms with Crippen molar-refractivity contribution in [2.75, 3.05) is 13.2 Å². The minimum absolute atomic E-state index is 0.476. The number of hydrogen-bond donors (Lipinski definition) is 1. The number of hydrogen-bond acceptors (Lipinski definition) is 4. The SMILES string of the molecule is CCC(C)(C)C(=O)OCCOC(F)(F)CC(F)(F)CC(=O)O. The summed E-state index contributed by atoms with van der Waals surface area (Å²) in [6.45, 7) is 3.68. The summed E-state index contributed by atoms with van der Waals surface area (Å²) >= 11 is 0. The third kappa shape index (κ3) is 8.16. The highest BCUT2D eigenvalue weighted by atomic mass is 19.3. The predicted molar refractivity (Wildman–Crippen MR) is 67.7 cm³/mol. The van der Waals surface area contributed by atoms with Gasteiger partial charge >= 0.3 is 18.0 Å². The molecule has 0 bridgehead atoms. The van der Waals surface area contributed by atoms with Crippen LogP contribution in [0.4, 0.5) is 17.6 Å². The standard InChI is InChI=1S/C13H20F4O5/c1-4-11(2,3)10(20)21-5-6-22-13(16,17)8-12(14,15)7-9(18)19/h4-8H2,1-3H3,(H,18,19). The lowest BCUT2D eigenvalue weighted by Crippen LogP contribution is -2.34. The smallest absolute Gasteiger partial charge is 0.361 e. The number of rotatable bonds is 10. The number of ether oxygens (including phenoxy) is 2. The van der Waals surface area contributed by atoms with Crippen LogP contribution in [0.2, 0.25) is 0 Å². The average molecular weight is 332 g/mol. The van der Waals surface area contributed by atoms with Gasteiger partial charge in [0.1, 0.15) is 19.4 Å². The molecular formula is C13H20F4O5. The highest BCUT2D eigenvalue weighted by molar-refractivity contribution is 5.75. The Morgan fingerprint density at radius 3 is 2.09 bits per heavy atom. The monoisotopic (exact) mass is 332 g/mol. The van der Waals surface area contributed by atoms with Gasteiger partial charge in [-0.05, 0) is 20.3 Å². The maximum atomic E-state index is 13.2. The number of halogens is 4. The number of carbonyl (C=O) groups is 2. The number of carbonyl (C=O) groups excluding carboxylic acids is 1. The van der Waals surface area contributed by atoms with E-state index in [4.69, 9.17) is 9.84 Å². The molecular weight excluding hydrogens is 312 g/mol. The van der Waals surface area contributed by atoms with Gasteiger partial charge in [0.05, 0.1) is 12.0 Å². The first-order valence-electron chi connectivity index (χ1n) is 6.60. The lowest BCUT2D eigenvalue weighted by molar-refractivity contribution is -0.273. The summed E-state index contributed by atoms with van der Waals surface area (Å²) in [4.78, 5) is 21.7. The molecule has 0 atom stereocenters. The second kappa shape index (κ2) is 7.75. The molecule has 0 unspecified atom stereocenters. The van der Waals surface area contributed by atoms with Crippen LogP contribution in [-0.4, -0.2) is 42.3 Å². The molecule has 0 radical (unpaired) electrons. The molecule has 0 aromatic rings. The highest BCUT2D eigenvalue weighted by Gasteiger charge is 2.45. The molecule has 0 spiro atoms. The van der Waals surface area contributed by atoms with Gasteiger partial charge in [-0.1, -0.05) is 6.92 Å². The Balaban J connectivity index is 4.24. The Hall–Kier alpha value is -1.38. The molecule has 0 aliphatic heterocycles. The van der Waals surface area contributed by atoms with Crippen molar-refractivity contribution in [2.24, 2.45) is 5.41 Å². The zero-order valence-corrected chi connectivity index (χ0v) is 12.6. The van der Waals surface area contributed by atoms with Gasteiger partial charge < -0.3 is 14.6 Å². The zero-order chi connectivity index (χ0) is 17.6. The first kappa shape index (κ1) is 20.6. The minimum atomic E-state index is -4.22. The molecule has 0 aliphatic rings. The molecule has 1 N–H and O–H groups in total. The molecule has 130 valence electrons. The lowest BCUT2D eigenvalue weighted by Gasteiger charge is -2.23. The predicted octanol–water partition coefficient (Wildman–Crippen LogP) is 3.08. The average Bonchev–Trinajstić information content (AvgIpc) is 2.30. The van der Waals surface area contributed by atoms with E-state index in [0.29, 0.717) is 6.42 Å². The third-order valence-corrected chi connectivity index (χ3v) is 2.94. The fourth-order valence-electron chi connectivity index (χ4n) is 1.30. The van der Waals surface area contributed by atoms with Gasteiger partial charge in [-0.25, -0.2) is 8.78 Å². The van der Waals surface area contributed by atoms with E-state index in [1.54, 1.807) is 20.8 Å². The summed E-state index contributed by atoms with van der Waals surface area (Å²) < 4.78 is 61.0. The van der Waals surface area contributed by atoms with Crippen molar-refractivity contribution in [3.05, 3.63) is 0 Å². The summed E-state index contributed by atoms with van der Waals surface area (Å²) in [7, 11) is 0. The number of carboxylic acid groups (broad SMARTS) is 1. The molecule has 0 saturated carbocycles. The zero-order valence-electron chi connectivity index (χ0n) is 12.6. The fraction of sp³-hybridized carbons (Fsp3) is 0.846. The molecule has 0 aromatic carbocycles. The number of aliphatic carboxylic acids is 1. The van der Waals surface area contributed by atoms with E-state index in [0.717, 1.165) is 0 Å². The van der Waals surface area contributed by atoms with Crippen LogP contribution in [0.25, 0.3) is 0 Å². The van der Waals surface area contributed by atoms with Gasteiger partial charge in [-0.2, -0.15) is 8.78 Å². The molecule has 5 nitrogen and oxygen atoms in total. The van der Waals surface area contributed by atoms with Gasteiger partial charge in [0.25, 0.3) is 5.92 Å². The Morgan fingerprint density at radius 1 is 1.09 bits per heavy atom. The van der Waals surface area contributed by atoms with E-state index in [-0.39, 0.29) is 0 Å². The van der Waals surface area contributed by atoms with Crippen LogP contribution in [0.5, 0.6) is 0 Å². The van der Waals surface area contributed by atoms with Gasteiger partial charge in [0, 0.05) is 0 Å². The Morgan fingerprint density at radius 2 is 1.64 bits per heavy atom. The second-order valence-corrected chi connectivity index (χ2v) is 5.46. The van der Waals surface area contributed by atoms with Crippen LogP contribution >= 0.6 is 0 Å². The molecule has 22 heavy (non-hydrogen) atoms. The van der Waals surface area contributed by atoms with Crippen LogP contribution in [0.3, 0.4) is 0 Å². The Kier molecular flexibility index (Phi) is 7.27. The van der Waals surface area contributed by atoms with Crippen LogP contribution in [-0.2, 0) is 19.1 Å². The van der Waals surface area contributed by atoms with Gasteiger partial charge in [0.2, 0.25) is 0 Å². The lowest BCUT2D eigenvalue weighted by atomic mass is 9.91. The van der Waals surface area contributed by atoms with Gasteiger partial charge in [-0.3, -0.25) is 9.59 Å². The van der Waals surface area contributed by atoms with Gasteiger partial charge in [0.15, 0.2) is 0 Å². The van der Waals surface area contributed by atoms with E-state index in [2.05, 4.69) is 4.74 Å². The van der Waals surface area contributed by atoms with E-state index < -0.39 is 55.4 Å². The normalized spacial score (nSPS) is 13.0. The molecule has 0 fully saturated rings. The molecule has 0 aliphatic carbocycles. The van der Waals surface area contributed by atoms with Crippen LogP contribution in [0.15, 0.2) is 0 Å². The first-order valence-corrected chi connectivity index (χ1v) is 6.60. The van der Waals surface area contributed by atoms with Crippen molar-refractivity contribution < 1.29 is 41.7 Å². The Labute approximate surface area is 125 Å². The molecule has 9 heteroatoms. The summed E-state index contributed by atoms with van der Waals surface area (Å²) in [5, 5.41) is 8.20. The summed E-state index contributed by atoms with van der Waals surface area (Å²) in [5.41, 5.74) is -0.781. The largest absolute Gasteiger partial charge is 0.481 e. The van der Waals surface area contributed by atoms with E-state index in [9.17, 15) is 27.2 Å². The molecule has 0 heterocycles. The van der Waals surface area contributed by atoms with Gasteiger partial charge in [-0.15, -0.1) is 0 Å². The summed E-state index contributed by atoms with van der Waals surface area (Å²) in [6.07, 6.45) is -7.51. The summed E-state index contributed by atoms with van der Waals surface area (Å²) in [5.74, 6) is -6.61. The second-order valence-electron chi connectivity index (χ2n) is 5.46. The Bertz CT molecular complexity index is 396. The van der Waals surface area contributed by atoms with Crippen molar-refractivity contribution in [1.82, 2.24) is 0 Å². The molecule has 0 saturated heterocycles. The molecule has 0 aromatic heterocycles. The number of esters is 1. The van der Waals surface area contributed by atoms with E-state index in [1.807, 2.05) is 0 Å². The van der Waals surface area contributed by atoms with Crippen molar-refractivity contribution in [2.45, 2.75) is 52.1 Å². The number of carboxylic acids is 1. The van der Waals surface area contributed by atoms with Crippen LogP contribution in [0.1, 0.15) is 40.0 Å². The topological polar surface area (TPSA) is 72.8 Å². The van der Waals surface area contributed by atoms with Crippen molar-refractivity contribution in [3.63, 3.8) is 0 Å². The first-order chi connectivity index (χ1) is 9.81. The van der Waals surface area contributed by atoms with Crippen molar-refractivity contribution >= 4 is 11.9 Å². The fourth-order valence-corrected chi connectivity index (χ4v) is 1.30. The number of alkyl halides is 4. The van der Waals surface area contributed by atoms with Crippen molar-refractivity contribution in [3.8, 4) is 0 Å². The van der Waals surface area contributed by atoms with E-state index in [1.165, 1.54) is 0 Å². The maximum absolute atomic E-state index is 13.2. The van der Waals surface area contributed by atoms with Crippen LogP contribution in [0, 0.1) is 5.41 Å². The minimum Gasteiger partial charge on any atom is -0.481 e. The third-order valence-electron chi connectivity index (χ3n) is 2.94.